The van der Waals surface area contributed by atoms with Crippen molar-refractivity contribution < 1.29 is 19.1 Å². The molecule has 0 aliphatic carbocycles. The number of nitrogen functional groups attached to an aromatic ring is 1. The van der Waals surface area contributed by atoms with Crippen molar-refractivity contribution in [2.75, 3.05) is 17.2 Å². The Labute approximate surface area is 214 Å². The van der Waals surface area contributed by atoms with Crippen molar-refractivity contribution in [3.05, 3.63) is 70.2 Å². The lowest BCUT2D eigenvalue weighted by molar-refractivity contribution is -0.123. The highest BCUT2D eigenvalue weighted by molar-refractivity contribution is 7.09. The van der Waals surface area contributed by atoms with Crippen molar-refractivity contribution >= 4 is 40.6 Å². The number of anilines is 2. The first-order valence-electron chi connectivity index (χ1n) is 11.4. The molecule has 0 saturated carbocycles. The number of carbonyl (C=O) groups excluding carboxylic acids is 3. The van der Waals surface area contributed by atoms with Gasteiger partial charge in [0.15, 0.2) is 5.69 Å². The van der Waals surface area contributed by atoms with E-state index in [0.29, 0.717) is 23.6 Å². The summed E-state index contributed by atoms with van der Waals surface area (Å²) in [5, 5.41) is 2.98. The second-order valence-electron chi connectivity index (χ2n) is 9.29. The number of aryl methyl sites for hydroxylation is 1. The van der Waals surface area contributed by atoms with Crippen LogP contribution in [0.25, 0.3) is 0 Å². The van der Waals surface area contributed by atoms with E-state index in [1.165, 1.54) is 4.90 Å². The molecule has 1 aromatic heterocycles. The van der Waals surface area contributed by atoms with E-state index >= 15 is 0 Å². The summed E-state index contributed by atoms with van der Waals surface area (Å²) in [6, 6.07) is 13.1. The molecule has 0 spiro atoms. The van der Waals surface area contributed by atoms with Crippen LogP contribution in [-0.4, -0.2) is 34.2 Å². The fourth-order valence-corrected chi connectivity index (χ4v) is 4.34. The third kappa shape index (κ3) is 6.01. The molecule has 0 saturated heterocycles. The zero-order valence-corrected chi connectivity index (χ0v) is 21.8. The predicted octanol–water partition coefficient (Wildman–Crippen LogP) is 3.83. The molecule has 1 atom stereocenters. The number of nitrogens with one attached hydrogen (secondary N) is 1. The molecule has 0 aliphatic heterocycles. The number of ether oxygens (including phenoxy) is 1. The van der Waals surface area contributed by atoms with Gasteiger partial charge in [-0.05, 0) is 76.0 Å². The molecule has 10 heteroatoms. The monoisotopic (exact) mass is 509 g/mol. The smallest absolute Gasteiger partial charge is 0.273 e. The van der Waals surface area contributed by atoms with E-state index in [0.717, 1.165) is 17.1 Å². The van der Waals surface area contributed by atoms with Crippen LogP contribution in [-0.2, 0) is 4.79 Å². The molecule has 3 rings (SSSR count). The molecule has 0 fully saturated rings. The molecule has 0 aliphatic rings. The minimum Gasteiger partial charge on any atom is -0.494 e. The highest BCUT2D eigenvalue weighted by Gasteiger charge is 2.37. The largest absolute Gasteiger partial charge is 0.494 e. The Balaban J connectivity index is 2.21. The van der Waals surface area contributed by atoms with Gasteiger partial charge in [0, 0.05) is 11.2 Å². The minimum absolute atomic E-state index is 0.0175. The van der Waals surface area contributed by atoms with Crippen LogP contribution < -0.4 is 26.4 Å². The van der Waals surface area contributed by atoms with Gasteiger partial charge in [-0.15, -0.1) is 0 Å². The Bertz CT molecular complexity index is 1250. The van der Waals surface area contributed by atoms with Crippen molar-refractivity contribution in [1.29, 1.82) is 0 Å². The highest BCUT2D eigenvalue weighted by atomic mass is 32.1. The Morgan fingerprint density at radius 1 is 1.08 bits per heavy atom. The van der Waals surface area contributed by atoms with E-state index in [1.807, 2.05) is 46.8 Å². The number of rotatable bonds is 8. The number of primary amides is 1. The van der Waals surface area contributed by atoms with E-state index in [4.69, 9.17) is 16.2 Å². The summed E-state index contributed by atoms with van der Waals surface area (Å²) in [7, 11) is 0. The first kappa shape index (κ1) is 26.7. The second-order valence-corrected chi connectivity index (χ2v) is 10.1. The number of nitrogens with zero attached hydrogens (tertiary/aromatic N) is 2. The van der Waals surface area contributed by atoms with Gasteiger partial charge in [-0.3, -0.25) is 19.3 Å². The van der Waals surface area contributed by atoms with Crippen molar-refractivity contribution in [2.24, 2.45) is 5.73 Å². The number of benzene rings is 2. The van der Waals surface area contributed by atoms with Gasteiger partial charge in [0.25, 0.3) is 11.8 Å². The van der Waals surface area contributed by atoms with Crippen molar-refractivity contribution in [3.8, 4) is 5.75 Å². The van der Waals surface area contributed by atoms with Crippen LogP contribution in [0.3, 0.4) is 0 Å². The topological polar surface area (TPSA) is 141 Å². The minimum atomic E-state index is -1.06. The maximum absolute atomic E-state index is 14.0. The summed E-state index contributed by atoms with van der Waals surface area (Å²) in [5.74, 6) is -1.16. The highest BCUT2D eigenvalue weighted by Crippen LogP contribution is 2.34. The average Bonchev–Trinajstić information content (AvgIpc) is 3.19. The van der Waals surface area contributed by atoms with Gasteiger partial charge < -0.3 is 21.5 Å². The van der Waals surface area contributed by atoms with E-state index in [9.17, 15) is 14.4 Å². The van der Waals surface area contributed by atoms with E-state index in [1.54, 1.807) is 36.4 Å². The van der Waals surface area contributed by atoms with Crippen molar-refractivity contribution in [1.82, 2.24) is 9.69 Å². The third-order valence-corrected chi connectivity index (χ3v) is 6.05. The summed E-state index contributed by atoms with van der Waals surface area (Å²) < 4.78 is 9.52. The molecule has 9 nitrogen and oxygen atoms in total. The maximum Gasteiger partial charge on any atom is 0.273 e. The molecule has 190 valence electrons. The standard InChI is InChI=1S/C26H31N5O4S/c1-6-35-18-13-9-16(10-14-18)21(24(33)29-26(3,4)5)31(17-11-7-15(2)8-12-17)25(34)22-19(27)20(23(28)32)30-36-22/h7-14,21H,6,27H2,1-5H3,(H2,28,32)(H,29,33). The summed E-state index contributed by atoms with van der Waals surface area (Å²) in [6.07, 6.45) is 0. The molecule has 2 aromatic carbocycles. The van der Waals surface area contributed by atoms with E-state index in [2.05, 4.69) is 9.69 Å². The predicted molar refractivity (Wildman–Crippen MR) is 141 cm³/mol. The normalized spacial score (nSPS) is 12.0. The number of carbonyl (C=O) groups is 3. The quantitative estimate of drug-likeness (QED) is 0.421. The molecule has 0 bridgehead atoms. The number of nitrogens with two attached hydrogens (primary N) is 2. The molecule has 5 N–H and O–H groups in total. The van der Waals surface area contributed by atoms with Gasteiger partial charge in [0.2, 0.25) is 5.91 Å². The summed E-state index contributed by atoms with van der Waals surface area (Å²) >= 11 is 0.767. The summed E-state index contributed by atoms with van der Waals surface area (Å²) in [5.41, 5.74) is 12.6. The summed E-state index contributed by atoms with van der Waals surface area (Å²) in [6.45, 7) is 9.88. The van der Waals surface area contributed by atoms with Gasteiger partial charge in [0.1, 0.15) is 16.7 Å². The van der Waals surface area contributed by atoms with E-state index in [-0.39, 0.29) is 16.3 Å². The van der Waals surface area contributed by atoms with Crippen LogP contribution in [0.15, 0.2) is 48.5 Å². The molecule has 1 heterocycles. The van der Waals surface area contributed by atoms with Crippen molar-refractivity contribution in [2.45, 2.75) is 46.2 Å². The fourth-order valence-electron chi connectivity index (χ4n) is 3.60. The van der Waals surface area contributed by atoms with E-state index < -0.39 is 29.3 Å². The molecule has 36 heavy (non-hydrogen) atoms. The SMILES string of the molecule is CCOc1ccc(C(C(=O)NC(C)(C)C)N(C(=O)c2snc(C(N)=O)c2N)c2ccc(C)cc2)cc1. The molecule has 1 unspecified atom stereocenters. The van der Waals surface area contributed by atoms with Crippen LogP contribution in [0, 0.1) is 6.92 Å². The Morgan fingerprint density at radius 3 is 2.19 bits per heavy atom. The van der Waals surface area contributed by atoms with Crippen molar-refractivity contribution in [3.63, 3.8) is 0 Å². The van der Waals surface area contributed by atoms with Crippen LogP contribution in [0.5, 0.6) is 5.75 Å². The number of aromatic nitrogens is 1. The molecular weight excluding hydrogens is 478 g/mol. The fraction of sp³-hybridized carbons (Fsp3) is 0.308. The second kappa shape index (κ2) is 10.8. The molecule has 0 radical (unpaired) electrons. The Morgan fingerprint density at radius 2 is 1.69 bits per heavy atom. The first-order valence-corrected chi connectivity index (χ1v) is 12.2. The lowest BCUT2D eigenvalue weighted by Crippen LogP contribution is -2.49. The Hall–Kier alpha value is -3.92. The molecule has 3 aromatic rings. The van der Waals surface area contributed by atoms with Crippen LogP contribution in [0.1, 0.15) is 65.0 Å². The number of hydrogen-bond acceptors (Lipinski definition) is 7. The summed E-state index contributed by atoms with van der Waals surface area (Å²) in [4.78, 5) is 40.8. The first-order chi connectivity index (χ1) is 16.9. The zero-order valence-electron chi connectivity index (χ0n) is 21.0. The lowest BCUT2D eigenvalue weighted by atomic mass is 10.00. The van der Waals surface area contributed by atoms with Gasteiger partial charge >= 0.3 is 0 Å². The molecule has 3 amide bonds. The Kier molecular flexibility index (Phi) is 7.99. The zero-order chi connectivity index (χ0) is 26.6. The van der Waals surface area contributed by atoms with Crippen LogP contribution >= 0.6 is 11.5 Å². The van der Waals surface area contributed by atoms with Gasteiger partial charge in [-0.2, -0.15) is 4.37 Å². The van der Waals surface area contributed by atoms with Gasteiger partial charge in [-0.1, -0.05) is 29.8 Å². The van der Waals surface area contributed by atoms with Crippen LogP contribution in [0.4, 0.5) is 11.4 Å². The number of hydrogen-bond donors (Lipinski definition) is 3. The maximum atomic E-state index is 14.0. The average molecular weight is 510 g/mol. The van der Waals surface area contributed by atoms with Crippen LogP contribution in [0.2, 0.25) is 0 Å². The molecular formula is C26H31N5O4S. The lowest BCUT2D eigenvalue weighted by Gasteiger charge is -2.33. The van der Waals surface area contributed by atoms with Gasteiger partial charge in [-0.25, -0.2) is 0 Å². The third-order valence-electron chi connectivity index (χ3n) is 5.20. The number of amides is 3. The van der Waals surface area contributed by atoms with Gasteiger partial charge in [0.05, 0.1) is 12.3 Å².